The molecule has 1 aliphatic carbocycles. The van der Waals surface area contributed by atoms with Crippen LogP contribution in [0.3, 0.4) is 0 Å². The van der Waals surface area contributed by atoms with Crippen LogP contribution in [0.25, 0.3) is 11.1 Å². The Balaban J connectivity index is 1.98. The van der Waals surface area contributed by atoms with Gasteiger partial charge in [-0.2, -0.15) is 0 Å². The van der Waals surface area contributed by atoms with E-state index >= 15 is 0 Å². The minimum absolute atomic E-state index is 0.144. The number of fused-ring (bicyclic) bond motifs is 1. The number of hydrogen-bond acceptors (Lipinski definition) is 5. The van der Waals surface area contributed by atoms with E-state index in [4.69, 9.17) is 4.74 Å². The topological polar surface area (TPSA) is 118 Å². The van der Waals surface area contributed by atoms with Gasteiger partial charge in [0.25, 0.3) is 11.3 Å². The molecule has 0 radical (unpaired) electrons. The number of hydrogen-bond donors (Lipinski definition) is 3. The lowest BCUT2D eigenvalue weighted by molar-refractivity contribution is 0.439. The molecule has 0 saturated heterocycles. The first-order valence-electron chi connectivity index (χ1n) is 11.3. The summed E-state index contributed by atoms with van der Waals surface area (Å²) in [5.74, 6) is -1.93. The number of benzene rings is 2. The Morgan fingerprint density at radius 3 is 2.53 bits per heavy atom. The summed E-state index contributed by atoms with van der Waals surface area (Å²) in [7, 11) is -3.62. The van der Waals surface area contributed by atoms with Crippen molar-refractivity contribution in [1.82, 2.24) is 4.98 Å². The molecule has 0 bridgehead atoms. The van der Waals surface area contributed by atoms with Gasteiger partial charge in [0.05, 0.1) is 17.1 Å². The number of rotatable bonds is 8. The van der Waals surface area contributed by atoms with E-state index in [9.17, 15) is 26.0 Å². The number of ether oxygens (including phenoxy) is 1. The molecule has 1 aromatic heterocycles. The number of nitrogens with one attached hydrogen (secondary N) is 2. The van der Waals surface area contributed by atoms with Crippen LogP contribution in [0.5, 0.6) is 11.5 Å². The van der Waals surface area contributed by atoms with E-state index in [-0.39, 0.29) is 28.6 Å². The van der Waals surface area contributed by atoms with Crippen LogP contribution in [0, 0.1) is 18.6 Å². The van der Waals surface area contributed by atoms with E-state index < -0.39 is 32.9 Å². The molecule has 0 fully saturated rings. The maximum atomic E-state index is 14.5. The van der Waals surface area contributed by atoms with Crippen LogP contribution >= 0.6 is 0 Å². The van der Waals surface area contributed by atoms with Gasteiger partial charge in [0.2, 0.25) is 10.0 Å². The summed E-state index contributed by atoms with van der Waals surface area (Å²) in [5, 5.41) is 0. The summed E-state index contributed by atoms with van der Waals surface area (Å²) in [6, 6.07) is 7.36. The highest BCUT2D eigenvalue weighted by atomic mass is 32.2. The van der Waals surface area contributed by atoms with Gasteiger partial charge in [0.1, 0.15) is 11.6 Å². The lowest BCUT2D eigenvalue weighted by atomic mass is 9.87. The summed E-state index contributed by atoms with van der Waals surface area (Å²) in [4.78, 5) is 4.62. The summed E-state index contributed by atoms with van der Waals surface area (Å²) in [6.45, 7) is 3.19. The van der Waals surface area contributed by atoms with E-state index in [2.05, 4.69) is 14.4 Å². The molecular formula is C24H25F2N3O5S2. The fourth-order valence-corrected chi connectivity index (χ4v) is 5.24. The van der Waals surface area contributed by atoms with Crippen molar-refractivity contribution in [2.75, 3.05) is 15.2 Å². The van der Waals surface area contributed by atoms with Crippen molar-refractivity contribution >= 4 is 32.7 Å². The fourth-order valence-electron chi connectivity index (χ4n) is 4.19. The van der Waals surface area contributed by atoms with Gasteiger partial charge in [0.15, 0.2) is 11.6 Å². The Bertz CT molecular complexity index is 1450. The lowest BCUT2D eigenvalue weighted by Gasteiger charge is -2.25. The minimum atomic E-state index is -3.62. The normalized spacial score (nSPS) is 14.1. The third kappa shape index (κ3) is 5.66. The Hall–Kier alpha value is -3.09. The average molecular weight is 538 g/mol. The third-order valence-corrected chi connectivity index (χ3v) is 7.55. The van der Waals surface area contributed by atoms with Crippen molar-refractivity contribution < 1.29 is 30.7 Å². The van der Waals surface area contributed by atoms with Crippen molar-refractivity contribution in [3.05, 3.63) is 65.0 Å². The average Bonchev–Trinajstić information content (AvgIpc) is 2.82. The van der Waals surface area contributed by atoms with E-state index in [1.54, 1.807) is 6.92 Å². The van der Waals surface area contributed by atoms with Gasteiger partial charge in [0, 0.05) is 28.6 Å². The van der Waals surface area contributed by atoms with Crippen LogP contribution in [-0.4, -0.2) is 27.9 Å². The number of sulfonamides is 1. The van der Waals surface area contributed by atoms with Crippen molar-refractivity contribution in [3.63, 3.8) is 0 Å². The molecule has 36 heavy (non-hydrogen) atoms. The van der Waals surface area contributed by atoms with Gasteiger partial charge < -0.3 is 4.74 Å². The SMILES string of the molecule is CCS(=O)(=O)Nc1ccc(Oc2ccc(F)cc2F)c(-c2c3c(nc(C)c2NS(=O)O)CCCC3)c1. The second-order valence-electron chi connectivity index (χ2n) is 8.32. The van der Waals surface area contributed by atoms with E-state index in [1.165, 1.54) is 25.1 Å². The molecule has 3 aromatic rings. The van der Waals surface area contributed by atoms with Crippen LogP contribution in [0.1, 0.15) is 36.7 Å². The Morgan fingerprint density at radius 2 is 1.83 bits per heavy atom. The van der Waals surface area contributed by atoms with Crippen LogP contribution in [0.2, 0.25) is 0 Å². The van der Waals surface area contributed by atoms with Gasteiger partial charge in [-0.15, -0.1) is 0 Å². The summed E-state index contributed by atoms with van der Waals surface area (Å²) in [6.07, 6.45) is 3.12. The van der Waals surface area contributed by atoms with Gasteiger partial charge in [-0.3, -0.25) is 19.0 Å². The minimum Gasteiger partial charge on any atom is -0.454 e. The summed E-state index contributed by atoms with van der Waals surface area (Å²) < 4.78 is 84.7. The van der Waals surface area contributed by atoms with E-state index in [0.29, 0.717) is 35.7 Å². The van der Waals surface area contributed by atoms with Crippen LogP contribution in [0.4, 0.5) is 20.2 Å². The number of pyridine rings is 1. The molecule has 0 saturated carbocycles. The monoisotopic (exact) mass is 537 g/mol. The van der Waals surface area contributed by atoms with E-state index in [1.807, 2.05) is 0 Å². The molecule has 8 nitrogen and oxygen atoms in total. The zero-order valence-corrected chi connectivity index (χ0v) is 21.2. The highest BCUT2D eigenvalue weighted by Gasteiger charge is 2.25. The molecule has 3 N–H and O–H groups in total. The molecule has 1 heterocycles. The van der Waals surface area contributed by atoms with Gasteiger partial charge in [-0.25, -0.2) is 21.4 Å². The molecule has 1 unspecified atom stereocenters. The molecule has 4 rings (SSSR count). The van der Waals surface area contributed by atoms with Crippen molar-refractivity contribution in [1.29, 1.82) is 0 Å². The first-order valence-corrected chi connectivity index (χ1v) is 14.0. The maximum Gasteiger partial charge on any atom is 0.259 e. The molecule has 192 valence electrons. The molecule has 12 heteroatoms. The maximum absolute atomic E-state index is 14.5. The second-order valence-corrected chi connectivity index (χ2v) is 11.0. The Morgan fingerprint density at radius 1 is 1.11 bits per heavy atom. The second kappa shape index (κ2) is 10.5. The predicted molar refractivity (Wildman–Crippen MR) is 135 cm³/mol. The zero-order valence-electron chi connectivity index (χ0n) is 19.6. The molecule has 2 aromatic carbocycles. The predicted octanol–water partition coefficient (Wildman–Crippen LogP) is 5.32. The highest BCUT2D eigenvalue weighted by Crippen LogP contribution is 2.45. The molecule has 0 spiro atoms. The van der Waals surface area contributed by atoms with Gasteiger partial charge in [-0.1, -0.05) is 0 Å². The zero-order chi connectivity index (χ0) is 26.0. The van der Waals surface area contributed by atoms with Crippen molar-refractivity contribution in [2.24, 2.45) is 0 Å². The largest absolute Gasteiger partial charge is 0.454 e. The molecular weight excluding hydrogens is 512 g/mol. The molecule has 0 amide bonds. The van der Waals surface area contributed by atoms with Crippen LogP contribution in [0.15, 0.2) is 36.4 Å². The van der Waals surface area contributed by atoms with Crippen LogP contribution < -0.4 is 14.2 Å². The smallest absolute Gasteiger partial charge is 0.259 e. The fraction of sp³-hybridized carbons (Fsp3) is 0.292. The first kappa shape index (κ1) is 26.0. The van der Waals surface area contributed by atoms with Crippen molar-refractivity contribution in [3.8, 4) is 22.6 Å². The highest BCUT2D eigenvalue weighted by molar-refractivity contribution is 7.92. The lowest BCUT2D eigenvalue weighted by Crippen LogP contribution is -2.15. The number of nitrogens with zero attached hydrogens (tertiary/aromatic N) is 1. The first-order chi connectivity index (χ1) is 17.1. The number of halogens is 2. The number of aromatic nitrogens is 1. The van der Waals surface area contributed by atoms with Crippen LogP contribution in [-0.2, 0) is 34.1 Å². The quantitative estimate of drug-likeness (QED) is 0.335. The number of aryl methyl sites for hydroxylation is 2. The third-order valence-electron chi connectivity index (χ3n) is 5.86. The van der Waals surface area contributed by atoms with Crippen molar-refractivity contribution in [2.45, 2.75) is 39.5 Å². The number of anilines is 2. The standard InChI is InChI=1S/C24H25F2N3O5S2/c1-3-36(32,33)29-16-9-11-21(34-22-10-8-15(25)12-19(22)26)18(13-16)23-17-6-4-5-7-20(17)27-14(2)24(23)28-35(30)31/h8-13,28-29H,3-7H2,1-2H3,(H,30,31). The molecule has 1 atom stereocenters. The van der Waals surface area contributed by atoms with E-state index in [0.717, 1.165) is 36.2 Å². The Labute approximate surface area is 210 Å². The Kier molecular flexibility index (Phi) is 7.57. The summed E-state index contributed by atoms with van der Waals surface area (Å²) in [5.41, 5.74) is 3.47. The molecule has 1 aliphatic rings. The molecule has 0 aliphatic heterocycles. The van der Waals surface area contributed by atoms with Gasteiger partial charge >= 0.3 is 0 Å². The van der Waals surface area contributed by atoms with Gasteiger partial charge in [-0.05, 0) is 75.4 Å². The summed E-state index contributed by atoms with van der Waals surface area (Å²) >= 11 is -2.43.